The third-order valence-electron chi connectivity index (χ3n) is 3.22. The smallest absolute Gasteiger partial charge is 0.349 e. The van der Waals surface area contributed by atoms with Crippen LogP contribution in [0.5, 0.6) is 0 Å². The Hall–Kier alpha value is -1.44. The summed E-state index contributed by atoms with van der Waals surface area (Å²) < 4.78 is 37.4. The Balaban J connectivity index is 1.90. The van der Waals surface area contributed by atoms with Crippen LogP contribution in [0.25, 0.3) is 0 Å². The molecule has 3 nitrogen and oxygen atoms in total. The predicted octanol–water partition coefficient (Wildman–Crippen LogP) is 5.38. The third-order valence-corrected chi connectivity index (χ3v) is 4.73. The first-order chi connectivity index (χ1) is 11.7. The van der Waals surface area contributed by atoms with Crippen molar-refractivity contribution in [1.82, 2.24) is 10.3 Å². The zero-order chi connectivity index (χ0) is 18.6. The second kappa shape index (κ2) is 8.29. The summed E-state index contributed by atoms with van der Waals surface area (Å²) in [5, 5.41) is 4.04. The van der Waals surface area contributed by atoms with Crippen molar-refractivity contribution in [1.29, 1.82) is 0 Å². The van der Waals surface area contributed by atoms with Crippen molar-refractivity contribution < 1.29 is 18.0 Å². The van der Waals surface area contributed by atoms with E-state index >= 15 is 0 Å². The number of benzene rings is 1. The maximum Gasteiger partial charge on any atom is 0.417 e. The number of carbonyl (C=O) groups excluding carboxylic acids is 1. The first-order valence-corrected chi connectivity index (χ1v) is 8.81. The van der Waals surface area contributed by atoms with Gasteiger partial charge in [0.25, 0.3) is 0 Å². The second-order valence-electron chi connectivity index (χ2n) is 5.13. The number of amides is 1. The molecular formula is C16H13Cl2F3N2OS. The van der Waals surface area contributed by atoms with E-state index in [1.165, 1.54) is 6.07 Å². The first-order valence-electron chi connectivity index (χ1n) is 7.07. The third kappa shape index (κ3) is 5.80. The number of alkyl halides is 3. The van der Waals surface area contributed by atoms with Gasteiger partial charge in [-0.05, 0) is 36.8 Å². The quantitative estimate of drug-likeness (QED) is 0.675. The van der Waals surface area contributed by atoms with Gasteiger partial charge in [0.05, 0.1) is 22.4 Å². The molecule has 134 valence electrons. The molecule has 1 atom stereocenters. The summed E-state index contributed by atoms with van der Waals surface area (Å²) in [6, 6.07) is 6.82. The normalized spacial score (nSPS) is 12.7. The molecule has 2 aromatic rings. The van der Waals surface area contributed by atoms with E-state index in [9.17, 15) is 18.0 Å². The molecule has 1 aromatic heterocycles. The summed E-state index contributed by atoms with van der Waals surface area (Å²) in [5.41, 5.74) is -0.107. The molecule has 1 heterocycles. The maximum atomic E-state index is 12.5. The molecule has 0 radical (unpaired) electrons. The Kier molecular flexibility index (Phi) is 6.59. The van der Waals surface area contributed by atoms with Crippen molar-refractivity contribution in [2.45, 2.75) is 24.2 Å². The first kappa shape index (κ1) is 19.9. The number of aromatic nitrogens is 1. The van der Waals surface area contributed by atoms with Crippen molar-refractivity contribution in [3.63, 3.8) is 0 Å². The van der Waals surface area contributed by atoms with Crippen LogP contribution < -0.4 is 5.32 Å². The van der Waals surface area contributed by atoms with Gasteiger partial charge in [-0.1, -0.05) is 41.0 Å². The van der Waals surface area contributed by atoms with E-state index in [1.54, 1.807) is 25.1 Å². The number of thioether (sulfide) groups is 1. The fourth-order valence-corrected chi connectivity index (χ4v) is 3.21. The monoisotopic (exact) mass is 408 g/mol. The van der Waals surface area contributed by atoms with E-state index < -0.39 is 11.7 Å². The number of nitrogens with zero attached hydrogens (tertiary/aromatic N) is 1. The lowest BCUT2D eigenvalue weighted by molar-refractivity contribution is -0.137. The van der Waals surface area contributed by atoms with E-state index in [0.717, 1.165) is 29.6 Å². The van der Waals surface area contributed by atoms with Crippen LogP contribution in [0.1, 0.15) is 24.1 Å². The van der Waals surface area contributed by atoms with Gasteiger partial charge in [-0.25, -0.2) is 4.98 Å². The molecule has 1 amide bonds. The van der Waals surface area contributed by atoms with Crippen molar-refractivity contribution in [3.05, 3.63) is 57.7 Å². The van der Waals surface area contributed by atoms with E-state index in [1.807, 2.05) is 0 Å². The lowest BCUT2D eigenvalue weighted by Gasteiger charge is -2.16. The molecule has 1 N–H and O–H groups in total. The molecule has 2 rings (SSSR count). The number of hydrogen-bond donors (Lipinski definition) is 1. The summed E-state index contributed by atoms with van der Waals surface area (Å²) in [6.45, 7) is 1.77. The fourth-order valence-electron chi connectivity index (χ4n) is 1.99. The molecule has 0 aliphatic heterocycles. The average molecular weight is 409 g/mol. The number of nitrogens with one attached hydrogen (secondary N) is 1. The highest BCUT2D eigenvalue weighted by Crippen LogP contribution is 2.30. The highest BCUT2D eigenvalue weighted by atomic mass is 35.5. The molecule has 0 saturated heterocycles. The van der Waals surface area contributed by atoms with Gasteiger partial charge in [0.15, 0.2) is 0 Å². The minimum atomic E-state index is -4.43. The van der Waals surface area contributed by atoms with Crippen LogP contribution in [-0.4, -0.2) is 16.6 Å². The van der Waals surface area contributed by atoms with E-state index in [0.29, 0.717) is 15.1 Å². The molecule has 0 aliphatic rings. The zero-order valence-corrected chi connectivity index (χ0v) is 15.2. The minimum absolute atomic E-state index is 0.0217. The number of halogens is 5. The van der Waals surface area contributed by atoms with Gasteiger partial charge in [0.2, 0.25) is 5.91 Å². The lowest BCUT2D eigenvalue weighted by atomic mass is 10.1. The van der Waals surface area contributed by atoms with Crippen molar-refractivity contribution in [2.75, 3.05) is 5.75 Å². The van der Waals surface area contributed by atoms with Crippen LogP contribution in [0.2, 0.25) is 10.0 Å². The fraction of sp³-hybridized carbons (Fsp3) is 0.250. The summed E-state index contributed by atoms with van der Waals surface area (Å²) in [6.07, 6.45) is -3.68. The average Bonchev–Trinajstić information content (AvgIpc) is 2.52. The number of carbonyl (C=O) groups is 1. The molecule has 0 bridgehead atoms. The van der Waals surface area contributed by atoms with Gasteiger partial charge in [0.1, 0.15) is 0 Å². The van der Waals surface area contributed by atoms with Gasteiger partial charge in [-0.3, -0.25) is 4.79 Å². The summed E-state index contributed by atoms with van der Waals surface area (Å²) in [7, 11) is 0. The number of rotatable bonds is 5. The topological polar surface area (TPSA) is 42.0 Å². The maximum absolute atomic E-state index is 12.5. The van der Waals surface area contributed by atoms with E-state index in [2.05, 4.69) is 10.3 Å². The summed E-state index contributed by atoms with van der Waals surface area (Å²) in [4.78, 5) is 15.7. The molecule has 0 fully saturated rings. The van der Waals surface area contributed by atoms with Gasteiger partial charge in [-0.2, -0.15) is 13.2 Å². The molecule has 0 saturated carbocycles. The Morgan fingerprint density at radius 1 is 1.28 bits per heavy atom. The SMILES string of the molecule is CC(NC(=O)CSc1ccc(C(F)(F)F)cn1)c1ccc(Cl)cc1Cl. The molecule has 1 unspecified atom stereocenters. The Bertz CT molecular complexity index is 754. The predicted molar refractivity (Wildman–Crippen MR) is 93.0 cm³/mol. The summed E-state index contributed by atoms with van der Waals surface area (Å²) in [5.74, 6) is -0.265. The minimum Gasteiger partial charge on any atom is -0.349 e. The standard InChI is InChI=1S/C16H13Cl2F3N2OS/c1-9(12-4-3-11(17)6-13(12)18)23-14(24)8-25-15-5-2-10(7-22-15)16(19,20)21/h2-7,9H,8H2,1H3,(H,23,24). The van der Waals surface area contributed by atoms with Crippen molar-refractivity contribution in [3.8, 4) is 0 Å². The molecule has 25 heavy (non-hydrogen) atoms. The Morgan fingerprint density at radius 2 is 2.00 bits per heavy atom. The highest BCUT2D eigenvalue weighted by Gasteiger charge is 2.30. The van der Waals surface area contributed by atoms with Gasteiger partial charge >= 0.3 is 6.18 Å². The van der Waals surface area contributed by atoms with Crippen LogP contribution in [0.4, 0.5) is 13.2 Å². The Morgan fingerprint density at radius 3 is 2.56 bits per heavy atom. The van der Waals surface area contributed by atoms with Crippen LogP contribution in [-0.2, 0) is 11.0 Å². The van der Waals surface area contributed by atoms with Gasteiger partial charge in [-0.15, -0.1) is 0 Å². The van der Waals surface area contributed by atoms with Crippen LogP contribution in [0, 0.1) is 0 Å². The molecule has 0 spiro atoms. The molecular weight excluding hydrogens is 396 g/mol. The highest BCUT2D eigenvalue weighted by molar-refractivity contribution is 7.99. The van der Waals surface area contributed by atoms with E-state index in [-0.39, 0.29) is 17.7 Å². The summed E-state index contributed by atoms with van der Waals surface area (Å²) >= 11 is 13.0. The molecule has 0 aliphatic carbocycles. The molecule has 9 heteroatoms. The van der Waals surface area contributed by atoms with Crippen LogP contribution >= 0.6 is 35.0 Å². The Labute approximate surface area is 156 Å². The number of pyridine rings is 1. The van der Waals surface area contributed by atoms with Gasteiger partial charge < -0.3 is 5.32 Å². The van der Waals surface area contributed by atoms with Crippen molar-refractivity contribution >= 4 is 40.9 Å². The lowest BCUT2D eigenvalue weighted by Crippen LogP contribution is -2.28. The second-order valence-corrected chi connectivity index (χ2v) is 6.97. The van der Waals surface area contributed by atoms with Crippen LogP contribution in [0.3, 0.4) is 0 Å². The zero-order valence-electron chi connectivity index (χ0n) is 12.9. The largest absolute Gasteiger partial charge is 0.417 e. The van der Waals surface area contributed by atoms with Crippen LogP contribution in [0.15, 0.2) is 41.6 Å². The molecule has 1 aromatic carbocycles. The number of hydrogen-bond acceptors (Lipinski definition) is 3. The van der Waals surface area contributed by atoms with Gasteiger partial charge in [0, 0.05) is 16.2 Å². The van der Waals surface area contributed by atoms with E-state index in [4.69, 9.17) is 23.2 Å². The van der Waals surface area contributed by atoms with Crippen molar-refractivity contribution in [2.24, 2.45) is 0 Å².